The van der Waals surface area contributed by atoms with Crippen molar-refractivity contribution in [2.24, 2.45) is 0 Å². The van der Waals surface area contributed by atoms with Crippen LogP contribution in [-0.4, -0.2) is 46.7 Å². The number of methoxy groups -OCH3 is 1. The summed E-state index contributed by atoms with van der Waals surface area (Å²) in [6, 6.07) is 19.5. The number of benzene rings is 2. The molecule has 3 rings (SSSR count). The first-order valence-electron chi connectivity index (χ1n) is 10.4. The number of anilines is 1. The molecular formula is C24H26N4O4. The van der Waals surface area contributed by atoms with E-state index in [1.807, 2.05) is 37.3 Å². The van der Waals surface area contributed by atoms with Crippen molar-refractivity contribution in [2.75, 3.05) is 25.5 Å². The van der Waals surface area contributed by atoms with Gasteiger partial charge in [-0.3, -0.25) is 14.4 Å². The second-order valence-electron chi connectivity index (χ2n) is 7.14. The molecule has 0 radical (unpaired) electrons. The van der Waals surface area contributed by atoms with Crippen LogP contribution in [0.15, 0.2) is 71.5 Å². The van der Waals surface area contributed by atoms with E-state index in [1.165, 1.54) is 18.1 Å². The Bertz CT molecular complexity index is 1130. The van der Waals surface area contributed by atoms with Crippen molar-refractivity contribution >= 4 is 17.5 Å². The zero-order chi connectivity index (χ0) is 22.9. The van der Waals surface area contributed by atoms with E-state index in [0.717, 1.165) is 10.2 Å². The zero-order valence-electron chi connectivity index (χ0n) is 18.2. The lowest BCUT2D eigenvalue weighted by molar-refractivity contribution is -0.135. The fourth-order valence-electron chi connectivity index (χ4n) is 3.23. The Hall–Kier alpha value is -3.94. The largest absolute Gasteiger partial charge is 0.495 e. The Morgan fingerprint density at radius 3 is 2.47 bits per heavy atom. The summed E-state index contributed by atoms with van der Waals surface area (Å²) in [5.41, 5.74) is 1.58. The number of nitrogens with zero attached hydrogens (tertiary/aromatic N) is 3. The van der Waals surface area contributed by atoms with Gasteiger partial charge in [0.15, 0.2) is 0 Å². The molecule has 2 amide bonds. The van der Waals surface area contributed by atoms with Crippen LogP contribution in [0.5, 0.6) is 5.75 Å². The summed E-state index contributed by atoms with van der Waals surface area (Å²) in [4.78, 5) is 39.2. The van der Waals surface area contributed by atoms with Gasteiger partial charge in [0.2, 0.25) is 11.8 Å². The quantitative estimate of drug-likeness (QED) is 0.559. The third-order valence-electron chi connectivity index (χ3n) is 4.78. The number of hydrogen-bond acceptors (Lipinski definition) is 5. The highest BCUT2D eigenvalue weighted by Gasteiger charge is 2.19. The number of carbonyl (C=O) groups excluding carboxylic acids is 2. The number of rotatable bonds is 9. The van der Waals surface area contributed by atoms with Gasteiger partial charge in [0, 0.05) is 18.2 Å². The lowest BCUT2D eigenvalue weighted by atomic mass is 10.1. The standard InChI is InChI=1S/C24H26N4O4/c1-3-15-27(16-22(29)25-20-11-7-8-12-21(20)32-2)24(31)17-28-23(30)14-13-19(26-28)18-9-5-4-6-10-18/h4-14H,3,15-17H2,1-2H3,(H,25,29). The average Bonchev–Trinajstić information content (AvgIpc) is 2.81. The van der Waals surface area contributed by atoms with Crippen molar-refractivity contribution in [1.29, 1.82) is 0 Å². The van der Waals surface area contributed by atoms with Gasteiger partial charge in [-0.05, 0) is 24.6 Å². The number of ether oxygens (including phenoxy) is 1. The second kappa shape index (κ2) is 10.9. The minimum absolute atomic E-state index is 0.141. The van der Waals surface area contributed by atoms with Crippen molar-refractivity contribution < 1.29 is 14.3 Å². The molecule has 0 aliphatic carbocycles. The molecule has 0 saturated carbocycles. The Morgan fingerprint density at radius 2 is 1.75 bits per heavy atom. The summed E-state index contributed by atoms with van der Waals surface area (Å²) < 4.78 is 6.37. The van der Waals surface area contributed by atoms with E-state index in [1.54, 1.807) is 30.3 Å². The molecule has 32 heavy (non-hydrogen) atoms. The smallest absolute Gasteiger partial charge is 0.267 e. The maximum Gasteiger partial charge on any atom is 0.267 e. The Balaban J connectivity index is 1.72. The molecule has 0 aliphatic heterocycles. The van der Waals surface area contributed by atoms with Crippen LogP contribution in [-0.2, 0) is 16.1 Å². The molecule has 3 aromatic rings. The highest BCUT2D eigenvalue weighted by Crippen LogP contribution is 2.22. The van der Waals surface area contributed by atoms with Gasteiger partial charge in [-0.2, -0.15) is 5.10 Å². The summed E-state index contributed by atoms with van der Waals surface area (Å²) in [6.07, 6.45) is 0.667. The number of para-hydroxylation sites is 2. The minimum atomic E-state index is -0.382. The monoisotopic (exact) mass is 434 g/mol. The lowest BCUT2D eigenvalue weighted by Crippen LogP contribution is -2.42. The topological polar surface area (TPSA) is 93.5 Å². The predicted octanol–water partition coefficient (Wildman–Crippen LogP) is 2.80. The molecule has 0 aliphatic rings. The molecular weight excluding hydrogens is 408 g/mol. The molecule has 1 N–H and O–H groups in total. The molecule has 0 atom stereocenters. The molecule has 0 bridgehead atoms. The van der Waals surface area contributed by atoms with Crippen LogP contribution in [0.2, 0.25) is 0 Å². The molecule has 1 heterocycles. The van der Waals surface area contributed by atoms with Gasteiger partial charge < -0.3 is 15.0 Å². The van der Waals surface area contributed by atoms with E-state index in [4.69, 9.17) is 4.74 Å². The molecule has 0 spiro atoms. The molecule has 1 aromatic heterocycles. The van der Waals surface area contributed by atoms with Crippen molar-refractivity contribution in [3.05, 3.63) is 77.1 Å². The van der Waals surface area contributed by atoms with Crippen LogP contribution in [0, 0.1) is 0 Å². The zero-order valence-corrected chi connectivity index (χ0v) is 18.2. The Labute approximate surface area is 186 Å². The van der Waals surface area contributed by atoms with Crippen LogP contribution >= 0.6 is 0 Å². The fourth-order valence-corrected chi connectivity index (χ4v) is 3.23. The van der Waals surface area contributed by atoms with Crippen LogP contribution in [0.3, 0.4) is 0 Å². The Kier molecular flexibility index (Phi) is 7.75. The fraction of sp³-hybridized carbons (Fsp3) is 0.250. The number of amides is 2. The SMILES string of the molecule is CCCN(CC(=O)Nc1ccccc1OC)C(=O)Cn1nc(-c2ccccc2)ccc1=O. The molecule has 0 fully saturated rings. The summed E-state index contributed by atoms with van der Waals surface area (Å²) in [6.45, 7) is 1.91. The van der Waals surface area contributed by atoms with Gasteiger partial charge in [-0.25, -0.2) is 4.68 Å². The first-order chi connectivity index (χ1) is 15.5. The molecule has 8 nitrogen and oxygen atoms in total. The number of carbonyl (C=O) groups is 2. The van der Waals surface area contributed by atoms with E-state index in [2.05, 4.69) is 10.4 Å². The van der Waals surface area contributed by atoms with Gasteiger partial charge in [-0.15, -0.1) is 0 Å². The number of aromatic nitrogens is 2. The van der Waals surface area contributed by atoms with E-state index >= 15 is 0 Å². The van der Waals surface area contributed by atoms with Crippen molar-refractivity contribution in [3.8, 4) is 17.0 Å². The van der Waals surface area contributed by atoms with Gasteiger partial charge in [-0.1, -0.05) is 49.4 Å². The first kappa shape index (κ1) is 22.7. The Morgan fingerprint density at radius 1 is 1.03 bits per heavy atom. The lowest BCUT2D eigenvalue weighted by Gasteiger charge is -2.22. The maximum absolute atomic E-state index is 12.9. The van der Waals surface area contributed by atoms with E-state index < -0.39 is 0 Å². The minimum Gasteiger partial charge on any atom is -0.495 e. The highest BCUT2D eigenvalue weighted by molar-refractivity contribution is 5.95. The van der Waals surface area contributed by atoms with Crippen LogP contribution in [0.1, 0.15) is 13.3 Å². The average molecular weight is 434 g/mol. The maximum atomic E-state index is 12.9. The van der Waals surface area contributed by atoms with E-state index in [-0.39, 0.29) is 30.5 Å². The third-order valence-corrected chi connectivity index (χ3v) is 4.78. The summed E-state index contributed by atoms with van der Waals surface area (Å²) in [7, 11) is 1.52. The molecule has 0 unspecified atom stereocenters. The van der Waals surface area contributed by atoms with Crippen LogP contribution < -0.4 is 15.6 Å². The first-order valence-corrected chi connectivity index (χ1v) is 10.4. The van der Waals surface area contributed by atoms with Crippen molar-refractivity contribution in [3.63, 3.8) is 0 Å². The molecule has 8 heteroatoms. The normalized spacial score (nSPS) is 10.4. The summed E-state index contributed by atoms with van der Waals surface area (Å²) >= 11 is 0. The van der Waals surface area contributed by atoms with Crippen molar-refractivity contribution in [2.45, 2.75) is 19.9 Å². The molecule has 166 valence electrons. The van der Waals surface area contributed by atoms with E-state index in [9.17, 15) is 14.4 Å². The van der Waals surface area contributed by atoms with Crippen molar-refractivity contribution in [1.82, 2.24) is 14.7 Å². The molecule has 0 saturated heterocycles. The second-order valence-corrected chi connectivity index (χ2v) is 7.14. The summed E-state index contributed by atoms with van der Waals surface area (Å²) in [5, 5.41) is 7.10. The van der Waals surface area contributed by atoms with E-state index in [0.29, 0.717) is 30.1 Å². The van der Waals surface area contributed by atoms with Gasteiger partial charge in [0.1, 0.15) is 12.3 Å². The highest BCUT2D eigenvalue weighted by atomic mass is 16.5. The third kappa shape index (κ3) is 5.81. The van der Waals surface area contributed by atoms with Gasteiger partial charge in [0.25, 0.3) is 5.56 Å². The summed E-state index contributed by atoms with van der Waals surface area (Å²) in [5.74, 6) is -0.181. The number of hydrogen-bond donors (Lipinski definition) is 1. The van der Waals surface area contributed by atoms with Gasteiger partial charge >= 0.3 is 0 Å². The van der Waals surface area contributed by atoms with Gasteiger partial charge in [0.05, 0.1) is 25.0 Å². The van der Waals surface area contributed by atoms with Crippen LogP contribution in [0.4, 0.5) is 5.69 Å². The number of nitrogens with one attached hydrogen (secondary N) is 1. The molecule has 2 aromatic carbocycles. The predicted molar refractivity (Wildman–Crippen MR) is 122 cm³/mol. The van der Waals surface area contributed by atoms with Crippen LogP contribution in [0.25, 0.3) is 11.3 Å².